The molecule has 2 aromatic rings. The van der Waals surface area contributed by atoms with E-state index in [1.54, 1.807) is 6.07 Å². The van der Waals surface area contributed by atoms with Gasteiger partial charge in [-0.1, -0.05) is 17.7 Å². The quantitative estimate of drug-likeness (QED) is 0.843. The summed E-state index contributed by atoms with van der Waals surface area (Å²) in [6.07, 6.45) is 0. The number of H-pyrrole nitrogens is 1. The van der Waals surface area contributed by atoms with Crippen molar-refractivity contribution in [1.29, 1.82) is 0 Å². The summed E-state index contributed by atoms with van der Waals surface area (Å²) in [7, 11) is 1.35. The monoisotopic (exact) mass is 278 g/mol. The maximum atomic E-state index is 11.3. The van der Waals surface area contributed by atoms with Crippen molar-refractivity contribution in [3.63, 3.8) is 0 Å². The predicted octanol–water partition coefficient (Wildman–Crippen LogP) is 3.38. The Bertz CT molecular complexity index is 593. The van der Waals surface area contributed by atoms with Crippen LogP contribution in [0.4, 0.5) is 5.69 Å². The van der Waals surface area contributed by atoms with Gasteiger partial charge in [0.25, 0.3) is 0 Å². The first-order valence-electron chi connectivity index (χ1n) is 5.86. The molecular formula is C14H15ClN2O2. The largest absolute Gasteiger partial charge is 0.464 e. The van der Waals surface area contributed by atoms with Gasteiger partial charge in [0.1, 0.15) is 5.69 Å². The fraction of sp³-hybridized carbons (Fsp3) is 0.214. The van der Waals surface area contributed by atoms with E-state index in [0.717, 1.165) is 16.9 Å². The summed E-state index contributed by atoms with van der Waals surface area (Å²) in [6.45, 7) is 2.54. The van der Waals surface area contributed by atoms with Gasteiger partial charge in [0, 0.05) is 5.69 Å². The number of rotatable bonds is 4. The van der Waals surface area contributed by atoms with Crippen molar-refractivity contribution >= 4 is 23.3 Å². The molecule has 0 atom stereocenters. The molecule has 100 valence electrons. The van der Waals surface area contributed by atoms with Crippen LogP contribution in [-0.4, -0.2) is 18.1 Å². The third-order valence-corrected chi connectivity index (χ3v) is 3.06. The van der Waals surface area contributed by atoms with Crippen molar-refractivity contribution in [3.05, 3.63) is 52.3 Å². The molecule has 1 heterocycles. The topological polar surface area (TPSA) is 54.1 Å². The second kappa shape index (κ2) is 5.80. The molecule has 0 spiro atoms. The predicted molar refractivity (Wildman–Crippen MR) is 75.6 cm³/mol. The van der Waals surface area contributed by atoms with Crippen molar-refractivity contribution in [3.8, 4) is 0 Å². The van der Waals surface area contributed by atoms with Crippen LogP contribution in [0.3, 0.4) is 0 Å². The first-order valence-corrected chi connectivity index (χ1v) is 6.24. The molecule has 0 saturated carbocycles. The lowest BCUT2D eigenvalue weighted by atomic mass is 10.2. The number of methoxy groups -OCH3 is 1. The average Bonchev–Trinajstić information content (AvgIpc) is 2.85. The minimum atomic E-state index is -0.375. The Morgan fingerprint density at radius 3 is 2.84 bits per heavy atom. The molecule has 0 amide bonds. The van der Waals surface area contributed by atoms with Crippen LogP contribution in [0.1, 0.15) is 21.7 Å². The molecule has 5 heteroatoms. The first-order chi connectivity index (χ1) is 9.10. The van der Waals surface area contributed by atoms with Crippen LogP contribution in [0.25, 0.3) is 0 Å². The highest BCUT2D eigenvalue weighted by molar-refractivity contribution is 6.33. The number of nitrogens with one attached hydrogen (secondary N) is 2. The van der Waals surface area contributed by atoms with Crippen molar-refractivity contribution in [1.82, 2.24) is 4.98 Å². The summed E-state index contributed by atoms with van der Waals surface area (Å²) in [6, 6.07) is 9.35. The molecule has 0 aliphatic carbocycles. The number of anilines is 1. The maximum Gasteiger partial charge on any atom is 0.354 e. The van der Waals surface area contributed by atoms with Gasteiger partial charge in [-0.3, -0.25) is 0 Å². The number of benzene rings is 1. The van der Waals surface area contributed by atoms with E-state index in [0.29, 0.717) is 17.3 Å². The molecule has 0 unspecified atom stereocenters. The molecule has 0 aliphatic rings. The molecular weight excluding hydrogens is 264 g/mol. The summed E-state index contributed by atoms with van der Waals surface area (Å²) in [4.78, 5) is 14.3. The maximum absolute atomic E-state index is 11.3. The summed E-state index contributed by atoms with van der Waals surface area (Å²) < 4.78 is 4.63. The molecule has 2 rings (SSSR count). The second-order valence-electron chi connectivity index (χ2n) is 4.23. The van der Waals surface area contributed by atoms with E-state index in [9.17, 15) is 4.79 Å². The SMILES string of the molecule is COC(=O)c1ccc(CNc2ccc(C)cc2Cl)[nH]1. The number of carbonyl (C=O) groups excluding carboxylic acids is 1. The molecule has 1 aromatic heterocycles. The number of aryl methyl sites for hydroxylation is 1. The summed E-state index contributed by atoms with van der Waals surface area (Å²) in [5, 5.41) is 3.89. The number of esters is 1. The minimum absolute atomic E-state index is 0.375. The lowest BCUT2D eigenvalue weighted by Crippen LogP contribution is -2.04. The number of aromatic nitrogens is 1. The highest BCUT2D eigenvalue weighted by atomic mass is 35.5. The fourth-order valence-corrected chi connectivity index (χ4v) is 2.03. The van der Waals surface area contributed by atoms with Crippen LogP contribution < -0.4 is 5.32 Å². The lowest BCUT2D eigenvalue weighted by molar-refractivity contribution is 0.0594. The van der Waals surface area contributed by atoms with Gasteiger partial charge in [0.05, 0.1) is 24.4 Å². The number of hydrogen-bond donors (Lipinski definition) is 2. The molecule has 4 nitrogen and oxygen atoms in total. The molecule has 1 aromatic carbocycles. The van der Waals surface area contributed by atoms with E-state index in [1.165, 1.54) is 7.11 Å². The number of halogens is 1. The van der Waals surface area contributed by atoms with Crippen molar-refractivity contribution < 1.29 is 9.53 Å². The number of ether oxygens (including phenoxy) is 1. The summed E-state index contributed by atoms with van der Waals surface area (Å²) in [5.74, 6) is -0.375. The third kappa shape index (κ3) is 3.29. The number of hydrogen-bond acceptors (Lipinski definition) is 3. The molecule has 0 saturated heterocycles. The van der Waals surface area contributed by atoms with Gasteiger partial charge in [0.2, 0.25) is 0 Å². The van der Waals surface area contributed by atoms with Gasteiger partial charge in [-0.2, -0.15) is 0 Å². The van der Waals surface area contributed by atoms with Crippen LogP contribution in [0.2, 0.25) is 5.02 Å². The Kier molecular flexibility index (Phi) is 4.12. The molecule has 19 heavy (non-hydrogen) atoms. The van der Waals surface area contributed by atoms with E-state index in [2.05, 4.69) is 15.0 Å². The minimum Gasteiger partial charge on any atom is -0.464 e. The number of aromatic amines is 1. The zero-order chi connectivity index (χ0) is 13.8. The van der Waals surface area contributed by atoms with Crippen molar-refractivity contribution in [2.75, 3.05) is 12.4 Å². The molecule has 0 radical (unpaired) electrons. The van der Waals surface area contributed by atoms with Crippen LogP contribution in [-0.2, 0) is 11.3 Å². The van der Waals surface area contributed by atoms with Gasteiger partial charge in [-0.05, 0) is 36.8 Å². The Morgan fingerprint density at radius 1 is 1.37 bits per heavy atom. The van der Waals surface area contributed by atoms with Crippen LogP contribution in [0.5, 0.6) is 0 Å². The first kappa shape index (κ1) is 13.5. The molecule has 0 fully saturated rings. The highest BCUT2D eigenvalue weighted by Crippen LogP contribution is 2.23. The fourth-order valence-electron chi connectivity index (χ4n) is 1.73. The Labute approximate surface area is 116 Å². The van der Waals surface area contributed by atoms with Crippen LogP contribution in [0, 0.1) is 6.92 Å². The molecule has 0 bridgehead atoms. The second-order valence-corrected chi connectivity index (χ2v) is 4.63. The van der Waals surface area contributed by atoms with Crippen LogP contribution in [0.15, 0.2) is 30.3 Å². The van der Waals surface area contributed by atoms with E-state index >= 15 is 0 Å². The zero-order valence-electron chi connectivity index (χ0n) is 10.8. The Hall–Kier alpha value is -1.94. The zero-order valence-corrected chi connectivity index (χ0v) is 11.5. The van der Waals surface area contributed by atoms with Gasteiger partial charge < -0.3 is 15.0 Å². The van der Waals surface area contributed by atoms with E-state index in [-0.39, 0.29) is 5.97 Å². The van der Waals surface area contributed by atoms with Gasteiger partial charge in [0.15, 0.2) is 0 Å². The molecule has 0 aliphatic heterocycles. The summed E-state index contributed by atoms with van der Waals surface area (Å²) >= 11 is 6.13. The lowest BCUT2D eigenvalue weighted by Gasteiger charge is -2.08. The number of carbonyl (C=O) groups is 1. The summed E-state index contributed by atoms with van der Waals surface area (Å²) in [5.41, 5.74) is 3.30. The van der Waals surface area contributed by atoms with Gasteiger partial charge in [-0.15, -0.1) is 0 Å². The van der Waals surface area contributed by atoms with Crippen molar-refractivity contribution in [2.45, 2.75) is 13.5 Å². The Balaban J connectivity index is 2.02. The third-order valence-electron chi connectivity index (χ3n) is 2.75. The van der Waals surface area contributed by atoms with E-state index < -0.39 is 0 Å². The molecule has 2 N–H and O–H groups in total. The van der Waals surface area contributed by atoms with Gasteiger partial charge in [-0.25, -0.2) is 4.79 Å². The Morgan fingerprint density at radius 2 is 2.16 bits per heavy atom. The highest BCUT2D eigenvalue weighted by Gasteiger charge is 2.08. The van der Waals surface area contributed by atoms with Crippen molar-refractivity contribution in [2.24, 2.45) is 0 Å². The van der Waals surface area contributed by atoms with Crippen LogP contribution >= 0.6 is 11.6 Å². The normalized spacial score (nSPS) is 10.3. The van der Waals surface area contributed by atoms with Gasteiger partial charge >= 0.3 is 5.97 Å². The standard InChI is InChI=1S/C14H15ClN2O2/c1-9-3-5-12(11(15)7-9)16-8-10-4-6-13(17-10)14(18)19-2/h3-7,16-17H,8H2,1-2H3. The smallest absolute Gasteiger partial charge is 0.354 e. The van der Waals surface area contributed by atoms with E-state index in [4.69, 9.17) is 11.6 Å². The van der Waals surface area contributed by atoms with E-state index in [1.807, 2.05) is 31.2 Å². The average molecular weight is 279 g/mol.